The number of carbonyl (C=O) groups is 1. The molecule has 0 atom stereocenters. The maximum Gasteiger partial charge on any atom is 0.257 e. The topological polar surface area (TPSA) is 66.9 Å². The van der Waals surface area contributed by atoms with Gasteiger partial charge >= 0.3 is 0 Å². The summed E-state index contributed by atoms with van der Waals surface area (Å²) in [5, 5.41) is 0.546. The quantitative estimate of drug-likeness (QED) is 0.474. The molecule has 1 aliphatic rings. The number of amides is 1. The van der Waals surface area contributed by atoms with E-state index in [-0.39, 0.29) is 5.91 Å². The molecule has 0 radical (unpaired) electrons. The van der Waals surface area contributed by atoms with Crippen LogP contribution < -0.4 is 0 Å². The van der Waals surface area contributed by atoms with Gasteiger partial charge < -0.3 is 13.7 Å². The molecule has 1 amide bonds. The number of carbonyl (C=O) groups excluding carboxylic acids is 1. The van der Waals surface area contributed by atoms with Gasteiger partial charge in [0.25, 0.3) is 5.22 Å². The smallest absolute Gasteiger partial charge is 0.257 e. The Hall–Kier alpha value is -2.84. The molecule has 8 heteroatoms. The van der Waals surface area contributed by atoms with Crippen LogP contribution in [0.3, 0.4) is 0 Å². The zero-order chi connectivity index (χ0) is 19.6. The predicted molar refractivity (Wildman–Crippen MR) is 112 cm³/mol. The summed E-state index contributed by atoms with van der Waals surface area (Å²) >= 11 is 1.36. The molecular weight excluding hydrogens is 386 g/mol. The minimum Gasteiger partial charge on any atom is -0.431 e. The van der Waals surface area contributed by atoms with Crippen molar-refractivity contribution in [3.05, 3.63) is 60.6 Å². The second-order valence-corrected chi connectivity index (χ2v) is 8.02. The molecule has 1 aliphatic heterocycles. The van der Waals surface area contributed by atoms with Crippen LogP contribution in [0.25, 0.3) is 16.7 Å². The summed E-state index contributed by atoms with van der Waals surface area (Å²) < 4.78 is 7.72. The van der Waals surface area contributed by atoms with Crippen LogP contribution in [0.5, 0.6) is 0 Å². The molecule has 3 aromatic heterocycles. The predicted octanol–water partition coefficient (Wildman–Crippen LogP) is 2.91. The zero-order valence-electron chi connectivity index (χ0n) is 15.9. The molecule has 29 heavy (non-hydrogen) atoms. The number of aromatic nitrogens is 3. The second kappa shape index (κ2) is 7.88. The molecule has 4 aromatic rings. The standard InChI is InChI=1S/C21H21N5O2S/c27-20(15-29-21-23-17-5-1-2-6-18(17)28-21)25-11-9-24(10-12-25)13-16-14-26-8-4-3-7-19(26)22-16/h1-8,14H,9-13,15H2. The van der Waals surface area contributed by atoms with Gasteiger partial charge in [-0.15, -0.1) is 0 Å². The maximum absolute atomic E-state index is 12.6. The van der Waals surface area contributed by atoms with E-state index in [4.69, 9.17) is 4.42 Å². The van der Waals surface area contributed by atoms with E-state index in [1.807, 2.05) is 58.0 Å². The van der Waals surface area contributed by atoms with Gasteiger partial charge in [-0.05, 0) is 24.3 Å². The van der Waals surface area contributed by atoms with Crippen LogP contribution in [0.2, 0.25) is 0 Å². The highest BCUT2D eigenvalue weighted by Crippen LogP contribution is 2.23. The Morgan fingerprint density at radius 2 is 1.86 bits per heavy atom. The highest BCUT2D eigenvalue weighted by Gasteiger charge is 2.22. The molecule has 7 nitrogen and oxygen atoms in total. The van der Waals surface area contributed by atoms with Gasteiger partial charge in [-0.2, -0.15) is 0 Å². The van der Waals surface area contributed by atoms with E-state index in [9.17, 15) is 4.79 Å². The van der Waals surface area contributed by atoms with Crippen LogP contribution in [0.1, 0.15) is 5.69 Å². The summed E-state index contributed by atoms with van der Waals surface area (Å²) in [5.41, 5.74) is 3.60. The number of pyridine rings is 1. The highest BCUT2D eigenvalue weighted by molar-refractivity contribution is 7.99. The Balaban J connectivity index is 1.12. The number of thioether (sulfide) groups is 1. The molecule has 0 N–H and O–H groups in total. The van der Waals surface area contributed by atoms with Crippen LogP contribution in [0.15, 0.2) is 64.5 Å². The van der Waals surface area contributed by atoms with Gasteiger partial charge in [-0.3, -0.25) is 9.69 Å². The summed E-state index contributed by atoms with van der Waals surface area (Å²) in [5.74, 6) is 0.476. The van der Waals surface area contributed by atoms with E-state index in [0.29, 0.717) is 11.0 Å². The number of rotatable bonds is 5. The largest absolute Gasteiger partial charge is 0.431 e. The van der Waals surface area contributed by atoms with Gasteiger partial charge in [0, 0.05) is 45.1 Å². The Morgan fingerprint density at radius 3 is 2.69 bits per heavy atom. The van der Waals surface area contributed by atoms with Crippen LogP contribution in [0.4, 0.5) is 0 Å². The Labute approximate surface area is 172 Å². The Morgan fingerprint density at radius 1 is 1.03 bits per heavy atom. The average Bonchev–Trinajstić information content (AvgIpc) is 3.35. The molecule has 0 unspecified atom stereocenters. The van der Waals surface area contributed by atoms with Crippen molar-refractivity contribution in [2.75, 3.05) is 31.9 Å². The van der Waals surface area contributed by atoms with Crippen molar-refractivity contribution in [2.24, 2.45) is 0 Å². The average molecular weight is 407 g/mol. The maximum atomic E-state index is 12.6. The molecule has 1 fully saturated rings. The normalized spacial score (nSPS) is 15.4. The number of para-hydroxylation sites is 2. The lowest BCUT2D eigenvalue weighted by atomic mass is 10.3. The number of imidazole rings is 1. The molecule has 0 saturated carbocycles. The van der Waals surface area contributed by atoms with E-state index in [2.05, 4.69) is 21.1 Å². The Kier molecular flexibility index (Phi) is 4.95. The summed E-state index contributed by atoms with van der Waals surface area (Å²) in [4.78, 5) is 25.9. The third-order valence-corrected chi connectivity index (χ3v) is 5.93. The van der Waals surface area contributed by atoms with E-state index in [1.165, 1.54) is 11.8 Å². The summed E-state index contributed by atoms with van der Waals surface area (Å²) in [6, 6.07) is 13.6. The first-order valence-corrected chi connectivity index (χ1v) is 10.6. The van der Waals surface area contributed by atoms with Crippen molar-refractivity contribution in [2.45, 2.75) is 11.8 Å². The molecule has 1 saturated heterocycles. The van der Waals surface area contributed by atoms with Crippen LogP contribution in [0, 0.1) is 0 Å². The van der Waals surface area contributed by atoms with E-state index >= 15 is 0 Å². The molecule has 5 rings (SSSR count). The summed E-state index contributed by atoms with van der Waals surface area (Å²) in [6.45, 7) is 3.99. The fourth-order valence-electron chi connectivity index (χ4n) is 3.58. The molecule has 1 aromatic carbocycles. The van der Waals surface area contributed by atoms with Crippen molar-refractivity contribution in [3.8, 4) is 0 Å². The van der Waals surface area contributed by atoms with Crippen LogP contribution >= 0.6 is 11.8 Å². The van der Waals surface area contributed by atoms with Gasteiger partial charge in [0.15, 0.2) is 5.58 Å². The van der Waals surface area contributed by atoms with Gasteiger partial charge in [0.05, 0.1) is 11.4 Å². The van der Waals surface area contributed by atoms with Crippen molar-refractivity contribution in [1.82, 2.24) is 24.2 Å². The lowest BCUT2D eigenvalue weighted by Crippen LogP contribution is -2.48. The number of oxazole rings is 1. The SMILES string of the molecule is O=C(CSc1nc2ccccc2o1)N1CCN(Cc2cn3ccccc3n2)CC1. The minimum atomic E-state index is 0.129. The molecular formula is C21H21N5O2S. The molecule has 148 valence electrons. The van der Waals surface area contributed by atoms with Crippen molar-refractivity contribution >= 4 is 34.4 Å². The molecule has 0 aliphatic carbocycles. The second-order valence-electron chi connectivity index (χ2n) is 7.09. The number of fused-ring (bicyclic) bond motifs is 2. The fourth-order valence-corrected chi connectivity index (χ4v) is 4.32. The summed E-state index contributed by atoms with van der Waals surface area (Å²) in [7, 11) is 0. The van der Waals surface area contributed by atoms with E-state index < -0.39 is 0 Å². The monoisotopic (exact) mass is 407 g/mol. The number of nitrogens with zero attached hydrogens (tertiary/aromatic N) is 5. The minimum absolute atomic E-state index is 0.129. The lowest BCUT2D eigenvalue weighted by molar-refractivity contribution is -0.130. The first-order valence-electron chi connectivity index (χ1n) is 9.66. The highest BCUT2D eigenvalue weighted by atomic mass is 32.2. The Bertz CT molecular complexity index is 1080. The van der Waals surface area contributed by atoms with Crippen molar-refractivity contribution in [3.63, 3.8) is 0 Å². The summed E-state index contributed by atoms with van der Waals surface area (Å²) in [6.07, 6.45) is 4.08. The third-order valence-electron chi connectivity index (χ3n) is 5.12. The van der Waals surface area contributed by atoms with Crippen molar-refractivity contribution < 1.29 is 9.21 Å². The molecule has 4 heterocycles. The van der Waals surface area contributed by atoms with Crippen LogP contribution in [-0.4, -0.2) is 62.0 Å². The number of hydrogen-bond acceptors (Lipinski definition) is 6. The van der Waals surface area contributed by atoms with E-state index in [0.717, 1.165) is 55.2 Å². The molecule has 0 bridgehead atoms. The van der Waals surface area contributed by atoms with Gasteiger partial charge in [0.2, 0.25) is 5.91 Å². The van der Waals surface area contributed by atoms with Crippen molar-refractivity contribution in [1.29, 1.82) is 0 Å². The number of piperazine rings is 1. The van der Waals surface area contributed by atoms with Gasteiger partial charge in [0.1, 0.15) is 11.2 Å². The first-order chi connectivity index (χ1) is 14.2. The van der Waals surface area contributed by atoms with Gasteiger partial charge in [-0.1, -0.05) is 30.0 Å². The first kappa shape index (κ1) is 18.2. The zero-order valence-corrected chi connectivity index (χ0v) is 16.7. The van der Waals surface area contributed by atoms with Gasteiger partial charge in [-0.25, -0.2) is 9.97 Å². The van der Waals surface area contributed by atoms with E-state index in [1.54, 1.807) is 0 Å². The number of hydrogen-bond donors (Lipinski definition) is 0. The third kappa shape index (κ3) is 3.99. The molecule has 0 spiro atoms. The lowest BCUT2D eigenvalue weighted by Gasteiger charge is -2.34. The van der Waals surface area contributed by atoms with Crippen LogP contribution in [-0.2, 0) is 11.3 Å². The fraction of sp³-hybridized carbons (Fsp3) is 0.286. The number of benzene rings is 1.